The largest absolute Gasteiger partial charge is 0.489 e. The monoisotopic (exact) mass is 291 g/mol. The standard InChI is InChI=1S/C15H14ClNO3/c16-11-2-1-3-12(7-11)20-9-10-6-14-15(8-13(10)17)19-5-4-18-14/h1-3,6-8H,4-5,9,17H2. The van der Waals surface area contributed by atoms with Crippen LogP contribution in [0.3, 0.4) is 0 Å². The van der Waals surface area contributed by atoms with Gasteiger partial charge in [-0.1, -0.05) is 17.7 Å². The van der Waals surface area contributed by atoms with Crippen molar-refractivity contribution in [2.75, 3.05) is 18.9 Å². The number of fused-ring (bicyclic) bond motifs is 1. The first-order valence-electron chi connectivity index (χ1n) is 6.29. The number of benzene rings is 2. The Balaban J connectivity index is 1.77. The van der Waals surface area contributed by atoms with Crippen molar-refractivity contribution < 1.29 is 14.2 Å². The van der Waals surface area contributed by atoms with Crippen molar-refractivity contribution in [3.05, 3.63) is 47.0 Å². The van der Waals surface area contributed by atoms with Crippen LogP contribution >= 0.6 is 11.6 Å². The van der Waals surface area contributed by atoms with Crippen molar-refractivity contribution in [2.24, 2.45) is 0 Å². The van der Waals surface area contributed by atoms with Crippen LogP contribution in [0.1, 0.15) is 5.56 Å². The van der Waals surface area contributed by atoms with Crippen LogP contribution in [0.5, 0.6) is 17.2 Å². The lowest BCUT2D eigenvalue weighted by Crippen LogP contribution is -2.16. The summed E-state index contributed by atoms with van der Waals surface area (Å²) in [5.41, 5.74) is 7.47. The predicted octanol–water partition coefficient (Wildman–Crippen LogP) is 3.27. The van der Waals surface area contributed by atoms with Gasteiger partial charge in [-0.25, -0.2) is 0 Å². The van der Waals surface area contributed by atoms with Gasteiger partial charge in [-0.2, -0.15) is 0 Å². The van der Waals surface area contributed by atoms with E-state index in [0.717, 1.165) is 5.56 Å². The van der Waals surface area contributed by atoms with Gasteiger partial charge in [0.2, 0.25) is 0 Å². The maximum Gasteiger partial charge on any atom is 0.163 e. The average molecular weight is 292 g/mol. The summed E-state index contributed by atoms with van der Waals surface area (Å²) in [6.45, 7) is 1.44. The average Bonchev–Trinajstić information content (AvgIpc) is 2.45. The van der Waals surface area contributed by atoms with E-state index in [2.05, 4.69) is 0 Å². The van der Waals surface area contributed by atoms with Crippen LogP contribution in [-0.2, 0) is 6.61 Å². The van der Waals surface area contributed by atoms with Gasteiger partial charge in [-0.05, 0) is 24.3 Å². The minimum atomic E-state index is 0.350. The smallest absolute Gasteiger partial charge is 0.163 e. The van der Waals surface area contributed by atoms with Crippen molar-refractivity contribution in [3.63, 3.8) is 0 Å². The molecule has 4 nitrogen and oxygen atoms in total. The number of nitrogens with two attached hydrogens (primary N) is 1. The molecule has 3 rings (SSSR count). The van der Waals surface area contributed by atoms with E-state index in [9.17, 15) is 0 Å². The third kappa shape index (κ3) is 2.75. The Morgan fingerprint density at radius 3 is 2.60 bits per heavy atom. The third-order valence-corrected chi connectivity index (χ3v) is 3.23. The first-order valence-corrected chi connectivity index (χ1v) is 6.66. The fourth-order valence-electron chi connectivity index (χ4n) is 1.99. The van der Waals surface area contributed by atoms with Crippen LogP contribution in [0.4, 0.5) is 5.69 Å². The fourth-order valence-corrected chi connectivity index (χ4v) is 2.17. The van der Waals surface area contributed by atoms with Gasteiger partial charge in [0.05, 0.1) is 0 Å². The quantitative estimate of drug-likeness (QED) is 0.882. The van der Waals surface area contributed by atoms with Crippen LogP contribution in [-0.4, -0.2) is 13.2 Å². The highest BCUT2D eigenvalue weighted by molar-refractivity contribution is 6.30. The van der Waals surface area contributed by atoms with Crippen molar-refractivity contribution >= 4 is 17.3 Å². The summed E-state index contributed by atoms with van der Waals surface area (Å²) >= 11 is 5.91. The summed E-state index contributed by atoms with van der Waals surface area (Å²) in [6, 6.07) is 10.9. The molecule has 0 fully saturated rings. The number of nitrogen functional groups attached to an aromatic ring is 1. The molecule has 2 N–H and O–H groups in total. The molecule has 1 heterocycles. The zero-order valence-electron chi connectivity index (χ0n) is 10.8. The van der Waals surface area contributed by atoms with Gasteiger partial charge in [-0.3, -0.25) is 0 Å². The fraction of sp³-hybridized carbons (Fsp3) is 0.200. The molecule has 0 saturated heterocycles. The first-order chi connectivity index (χ1) is 9.72. The molecule has 0 bridgehead atoms. The Hall–Kier alpha value is -2.07. The van der Waals surface area contributed by atoms with Gasteiger partial charge >= 0.3 is 0 Å². The molecule has 0 aromatic heterocycles. The van der Waals surface area contributed by atoms with Gasteiger partial charge in [0.15, 0.2) is 11.5 Å². The number of halogens is 1. The summed E-state index contributed by atoms with van der Waals surface area (Å²) in [7, 11) is 0. The Kier molecular flexibility index (Phi) is 3.56. The van der Waals surface area contributed by atoms with Crippen LogP contribution in [0.15, 0.2) is 36.4 Å². The van der Waals surface area contributed by atoms with Crippen molar-refractivity contribution in [1.82, 2.24) is 0 Å². The molecular formula is C15H14ClNO3. The number of rotatable bonds is 3. The molecule has 2 aromatic rings. The van der Waals surface area contributed by atoms with Crippen LogP contribution < -0.4 is 19.9 Å². The zero-order chi connectivity index (χ0) is 13.9. The van der Waals surface area contributed by atoms with Crippen molar-refractivity contribution in [3.8, 4) is 17.2 Å². The summed E-state index contributed by atoms with van der Waals surface area (Å²) in [6.07, 6.45) is 0. The summed E-state index contributed by atoms with van der Waals surface area (Å²) in [4.78, 5) is 0. The molecule has 0 atom stereocenters. The molecule has 0 spiro atoms. The Labute approximate surface area is 122 Å². The second-order valence-electron chi connectivity index (χ2n) is 4.44. The lowest BCUT2D eigenvalue weighted by Gasteiger charge is -2.20. The van der Waals surface area contributed by atoms with E-state index in [4.69, 9.17) is 31.5 Å². The first kappa shape index (κ1) is 12.9. The minimum absolute atomic E-state index is 0.350. The summed E-state index contributed by atoms with van der Waals surface area (Å²) in [5.74, 6) is 2.09. The van der Waals surface area contributed by atoms with E-state index in [1.165, 1.54) is 0 Å². The second-order valence-corrected chi connectivity index (χ2v) is 4.88. The number of hydrogen-bond acceptors (Lipinski definition) is 4. The van der Waals surface area contributed by atoms with Crippen molar-refractivity contribution in [2.45, 2.75) is 6.61 Å². The number of anilines is 1. The normalized spacial score (nSPS) is 13.1. The molecule has 20 heavy (non-hydrogen) atoms. The Morgan fingerprint density at radius 2 is 1.85 bits per heavy atom. The molecule has 5 heteroatoms. The van der Waals surface area contributed by atoms with Crippen LogP contribution in [0.2, 0.25) is 5.02 Å². The molecular weight excluding hydrogens is 278 g/mol. The molecule has 2 aromatic carbocycles. The molecule has 0 amide bonds. The van der Waals surface area contributed by atoms with E-state index in [1.807, 2.05) is 18.2 Å². The topological polar surface area (TPSA) is 53.7 Å². The van der Waals surface area contributed by atoms with E-state index < -0.39 is 0 Å². The highest BCUT2D eigenvalue weighted by Gasteiger charge is 2.14. The van der Waals surface area contributed by atoms with E-state index in [-0.39, 0.29) is 0 Å². The minimum Gasteiger partial charge on any atom is -0.489 e. The lowest BCUT2D eigenvalue weighted by atomic mass is 10.1. The van der Waals surface area contributed by atoms with E-state index in [0.29, 0.717) is 47.8 Å². The highest BCUT2D eigenvalue weighted by atomic mass is 35.5. The van der Waals surface area contributed by atoms with E-state index >= 15 is 0 Å². The Bertz CT molecular complexity index is 631. The SMILES string of the molecule is Nc1cc2c(cc1COc1cccc(Cl)c1)OCCO2. The molecule has 0 saturated carbocycles. The molecule has 1 aliphatic rings. The second kappa shape index (κ2) is 5.51. The summed E-state index contributed by atoms with van der Waals surface area (Å²) in [5, 5.41) is 0.637. The molecule has 0 aliphatic carbocycles. The van der Waals surface area contributed by atoms with Crippen LogP contribution in [0.25, 0.3) is 0 Å². The highest BCUT2D eigenvalue weighted by Crippen LogP contribution is 2.34. The maximum atomic E-state index is 6.00. The van der Waals surface area contributed by atoms with Gasteiger partial charge in [-0.15, -0.1) is 0 Å². The third-order valence-electron chi connectivity index (χ3n) is 2.99. The molecule has 0 unspecified atom stereocenters. The maximum absolute atomic E-state index is 6.00. The van der Waals surface area contributed by atoms with Crippen molar-refractivity contribution in [1.29, 1.82) is 0 Å². The molecule has 104 valence electrons. The molecule has 0 radical (unpaired) electrons. The van der Waals surface area contributed by atoms with E-state index in [1.54, 1.807) is 18.2 Å². The molecule has 1 aliphatic heterocycles. The van der Waals surface area contributed by atoms with Gasteiger partial charge in [0, 0.05) is 22.3 Å². The number of ether oxygens (including phenoxy) is 3. The van der Waals surface area contributed by atoms with Crippen LogP contribution in [0, 0.1) is 0 Å². The Morgan fingerprint density at radius 1 is 1.10 bits per heavy atom. The summed E-state index contributed by atoms with van der Waals surface area (Å²) < 4.78 is 16.7. The van der Waals surface area contributed by atoms with Gasteiger partial charge in [0.1, 0.15) is 25.6 Å². The van der Waals surface area contributed by atoms with Gasteiger partial charge < -0.3 is 19.9 Å². The predicted molar refractivity (Wildman–Crippen MR) is 77.6 cm³/mol. The zero-order valence-corrected chi connectivity index (χ0v) is 11.5. The number of hydrogen-bond donors (Lipinski definition) is 1. The van der Waals surface area contributed by atoms with Gasteiger partial charge in [0.25, 0.3) is 0 Å². The lowest BCUT2D eigenvalue weighted by molar-refractivity contribution is 0.171.